The molecule has 0 saturated heterocycles. The first kappa shape index (κ1) is 8.36. The Labute approximate surface area is 53.6 Å². The van der Waals surface area contributed by atoms with E-state index in [0.29, 0.717) is 6.42 Å². The third-order valence-electron chi connectivity index (χ3n) is 1.25. The predicted molar refractivity (Wildman–Crippen MR) is 32.8 cm³/mol. The molecule has 0 radical (unpaired) electrons. The molecule has 0 aliphatic carbocycles. The maximum atomic E-state index is 10.0. The van der Waals surface area contributed by atoms with Crippen molar-refractivity contribution in [2.75, 3.05) is 0 Å². The van der Waals surface area contributed by atoms with Gasteiger partial charge in [0.25, 0.3) is 0 Å². The first-order valence-electron chi connectivity index (χ1n) is 2.91. The SMILES string of the molecule is CCC([C@H](C)O)[N+](=O)[O-]. The zero-order chi connectivity index (χ0) is 7.44. The highest BCUT2D eigenvalue weighted by molar-refractivity contribution is 4.59. The normalized spacial score (nSPS) is 16.8. The van der Waals surface area contributed by atoms with Crippen molar-refractivity contribution in [3.8, 4) is 0 Å². The van der Waals surface area contributed by atoms with Crippen LogP contribution in [0.2, 0.25) is 0 Å². The third-order valence-corrected chi connectivity index (χ3v) is 1.25. The summed E-state index contributed by atoms with van der Waals surface area (Å²) < 4.78 is 0. The molecule has 0 bridgehead atoms. The molecule has 4 nitrogen and oxygen atoms in total. The van der Waals surface area contributed by atoms with Gasteiger partial charge < -0.3 is 5.11 Å². The Bertz CT molecular complexity index is 102. The molecule has 0 heterocycles. The Kier molecular flexibility index (Phi) is 3.16. The summed E-state index contributed by atoms with van der Waals surface area (Å²) in [4.78, 5) is 9.56. The molecule has 54 valence electrons. The van der Waals surface area contributed by atoms with E-state index in [9.17, 15) is 10.1 Å². The smallest absolute Gasteiger partial charge is 0.238 e. The fraction of sp³-hybridized carbons (Fsp3) is 1.00. The highest BCUT2D eigenvalue weighted by Crippen LogP contribution is 2.00. The van der Waals surface area contributed by atoms with Crippen LogP contribution in [0.25, 0.3) is 0 Å². The van der Waals surface area contributed by atoms with Crippen molar-refractivity contribution in [3.05, 3.63) is 10.1 Å². The van der Waals surface area contributed by atoms with Crippen molar-refractivity contribution >= 4 is 0 Å². The molecule has 0 amide bonds. The molecule has 0 saturated carbocycles. The monoisotopic (exact) mass is 133 g/mol. The van der Waals surface area contributed by atoms with Gasteiger partial charge in [-0.1, -0.05) is 6.92 Å². The highest BCUT2D eigenvalue weighted by Gasteiger charge is 2.22. The van der Waals surface area contributed by atoms with E-state index in [1.165, 1.54) is 6.92 Å². The van der Waals surface area contributed by atoms with Crippen LogP contribution in [-0.4, -0.2) is 22.2 Å². The lowest BCUT2D eigenvalue weighted by molar-refractivity contribution is -0.533. The summed E-state index contributed by atoms with van der Waals surface area (Å²) in [6.45, 7) is 3.11. The second-order valence-corrected chi connectivity index (χ2v) is 2.00. The lowest BCUT2D eigenvalue weighted by atomic mass is 10.1. The summed E-state index contributed by atoms with van der Waals surface area (Å²) in [6.07, 6.45) is -0.463. The fourth-order valence-electron chi connectivity index (χ4n) is 0.666. The molecular weight excluding hydrogens is 122 g/mol. The van der Waals surface area contributed by atoms with Gasteiger partial charge in [0.15, 0.2) is 0 Å². The van der Waals surface area contributed by atoms with E-state index >= 15 is 0 Å². The van der Waals surface area contributed by atoms with Gasteiger partial charge in [0.05, 0.1) is 0 Å². The molecule has 1 N–H and O–H groups in total. The first-order chi connectivity index (χ1) is 4.09. The lowest BCUT2D eigenvalue weighted by Gasteiger charge is -2.07. The molecule has 0 rings (SSSR count). The van der Waals surface area contributed by atoms with Crippen LogP contribution in [-0.2, 0) is 0 Å². The van der Waals surface area contributed by atoms with Crippen LogP contribution < -0.4 is 0 Å². The van der Waals surface area contributed by atoms with Gasteiger partial charge in [-0.25, -0.2) is 0 Å². The van der Waals surface area contributed by atoms with Gasteiger partial charge in [-0.2, -0.15) is 0 Å². The summed E-state index contributed by atoms with van der Waals surface area (Å²) in [6, 6.07) is -0.801. The molecule has 9 heavy (non-hydrogen) atoms. The Morgan fingerprint density at radius 2 is 2.22 bits per heavy atom. The van der Waals surface area contributed by atoms with Gasteiger partial charge in [0.1, 0.15) is 6.10 Å². The molecule has 2 atom stereocenters. The topological polar surface area (TPSA) is 63.4 Å². The van der Waals surface area contributed by atoms with Crippen LogP contribution >= 0.6 is 0 Å². The standard InChI is InChI=1S/C5H11NO3/c1-3-5(4(2)7)6(8)9/h4-5,7H,3H2,1-2H3/t4-,5?/m0/s1. The third kappa shape index (κ3) is 2.41. The molecule has 0 spiro atoms. The zero-order valence-electron chi connectivity index (χ0n) is 5.57. The van der Waals surface area contributed by atoms with E-state index in [2.05, 4.69) is 0 Å². The van der Waals surface area contributed by atoms with Crippen molar-refractivity contribution in [2.45, 2.75) is 32.4 Å². The van der Waals surface area contributed by atoms with Gasteiger partial charge in [-0.15, -0.1) is 0 Å². The first-order valence-corrected chi connectivity index (χ1v) is 2.91. The number of aliphatic hydroxyl groups is 1. The minimum Gasteiger partial charge on any atom is -0.386 e. The Balaban J connectivity index is 3.83. The van der Waals surface area contributed by atoms with Crippen LogP contribution in [0.3, 0.4) is 0 Å². The number of hydrogen-bond acceptors (Lipinski definition) is 3. The highest BCUT2D eigenvalue weighted by atomic mass is 16.6. The Morgan fingerprint density at radius 3 is 2.22 bits per heavy atom. The van der Waals surface area contributed by atoms with Crippen molar-refractivity contribution in [1.29, 1.82) is 0 Å². The van der Waals surface area contributed by atoms with E-state index in [4.69, 9.17) is 5.11 Å². The van der Waals surface area contributed by atoms with E-state index < -0.39 is 17.1 Å². The lowest BCUT2D eigenvalue weighted by Crippen LogP contribution is -2.30. The Morgan fingerprint density at radius 1 is 1.78 bits per heavy atom. The van der Waals surface area contributed by atoms with Gasteiger partial charge in [0, 0.05) is 11.3 Å². The number of nitrogens with zero attached hydrogens (tertiary/aromatic N) is 1. The second-order valence-electron chi connectivity index (χ2n) is 2.00. The fourth-order valence-corrected chi connectivity index (χ4v) is 0.666. The summed E-state index contributed by atoms with van der Waals surface area (Å²) in [7, 11) is 0. The molecule has 0 fully saturated rings. The average Bonchev–Trinajstić information content (AvgIpc) is 1.64. The van der Waals surface area contributed by atoms with Gasteiger partial charge >= 0.3 is 0 Å². The molecule has 0 aromatic heterocycles. The number of nitro groups is 1. The zero-order valence-corrected chi connectivity index (χ0v) is 5.57. The summed E-state index contributed by atoms with van der Waals surface area (Å²) >= 11 is 0. The molecule has 0 aromatic carbocycles. The maximum Gasteiger partial charge on any atom is 0.238 e. The van der Waals surface area contributed by atoms with Crippen LogP contribution in [0.15, 0.2) is 0 Å². The van der Waals surface area contributed by atoms with Crippen molar-refractivity contribution in [2.24, 2.45) is 0 Å². The van der Waals surface area contributed by atoms with Crippen molar-refractivity contribution < 1.29 is 10.0 Å². The van der Waals surface area contributed by atoms with Crippen LogP contribution in [0, 0.1) is 10.1 Å². The van der Waals surface area contributed by atoms with E-state index in [0.717, 1.165) is 0 Å². The molecule has 4 heteroatoms. The molecule has 1 unspecified atom stereocenters. The average molecular weight is 133 g/mol. The van der Waals surface area contributed by atoms with Gasteiger partial charge in [-0.05, 0) is 6.92 Å². The summed E-state index contributed by atoms with van der Waals surface area (Å²) in [5, 5.41) is 18.8. The van der Waals surface area contributed by atoms with Crippen molar-refractivity contribution in [3.63, 3.8) is 0 Å². The van der Waals surface area contributed by atoms with E-state index in [1.807, 2.05) is 0 Å². The molecular formula is C5H11NO3. The Hall–Kier alpha value is -0.640. The summed E-state index contributed by atoms with van der Waals surface area (Å²) in [5.74, 6) is 0. The van der Waals surface area contributed by atoms with Gasteiger partial charge in [0.2, 0.25) is 6.04 Å². The van der Waals surface area contributed by atoms with Crippen LogP contribution in [0.4, 0.5) is 0 Å². The number of rotatable bonds is 3. The minimum absolute atomic E-state index is 0.380. The molecule has 0 aliphatic rings. The van der Waals surface area contributed by atoms with Gasteiger partial charge in [-0.3, -0.25) is 10.1 Å². The minimum atomic E-state index is -0.843. The maximum absolute atomic E-state index is 10.0. The van der Waals surface area contributed by atoms with E-state index in [-0.39, 0.29) is 0 Å². The summed E-state index contributed by atoms with van der Waals surface area (Å²) in [5.41, 5.74) is 0. The van der Waals surface area contributed by atoms with E-state index in [1.54, 1.807) is 6.92 Å². The molecule has 0 aromatic rings. The van der Waals surface area contributed by atoms with Crippen LogP contribution in [0.5, 0.6) is 0 Å². The predicted octanol–water partition coefficient (Wildman–Crippen LogP) is 0.422. The van der Waals surface area contributed by atoms with Crippen LogP contribution in [0.1, 0.15) is 20.3 Å². The quantitative estimate of drug-likeness (QED) is 0.448. The number of hydrogen-bond donors (Lipinski definition) is 1. The number of aliphatic hydroxyl groups excluding tert-OH is 1. The van der Waals surface area contributed by atoms with Crippen molar-refractivity contribution in [1.82, 2.24) is 0 Å². The second kappa shape index (κ2) is 3.40. The largest absolute Gasteiger partial charge is 0.386 e. The molecule has 0 aliphatic heterocycles.